The van der Waals surface area contributed by atoms with Crippen LogP contribution in [0.2, 0.25) is 0 Å². The van der Waals surface area contributed by atoms with Crippen LogP contribution in [0.5, 0.6) is 0 Å². The lowest BCUT2D eigenvalue weighted by molar-refractivity contribution is 0.101. The average Bonchev–Trinajstić information content (AvgIpc) is 2.25. The Kier molecular flexibility index (Phi) is 4.50. The lowest BCUT2D eigenvalue weighted by Gasteiger charge is -2.21. The lowest BCUT2D eigenvalue weighted by atomic mass is 10.0. The second-order valence-electron chi connectivity index (χ2n) is 4.31. The molecule has 0 aromatic heterocycles. The Labute approximate surface area is 96.5 Å². The van der Waals surface area contributed by atoms with E-state index in [2.05, 4.69) is 5.32 Å². The molecule has 0 saturated heterocycles. The van der Waals surface area contributed by atoms with Crippen LogP contribution in [0.4, 0.5) is 5.69 Å². The molecule has 1 atom stereocenters. The Bertz CT molecular complexity index is 361. The summed E-state index contributed by atoms with van der Waals surface area (Å²) in [4.78, 5) is 11.2. The highest BCUT2D eigenvalue weighted by Gasteiger charge is 2.11. The third kappa shape index (κ3) is 3.35. The molecule has 1 rings (SSSR count). The van der Waals surface area contributed by atoms with Gasteiger partial charge in [-0.3, -0.25) is 4.79 Å². The fraction of sp³-hybridized carbons (Fsp3) is 0.462. The van der Waals surface area contributed by atoms with E-state index in [0.717, 1.165) is 5.69 Å². The second-order valence-corrected chi connectivity index (χ2v) is 4.31. The number of aliphatic hydroxyl groups is 1. The highest BCUT2D eigenvalue weighted by atomic mass is 16.3. The van der Waals surface area contributed by atoms with E-state index in [1.807, 2.05) is 32.0 Å². The molecule has 0 aliphatic carbocycles. The first kappa shape index (κ1) is 12.7. The normalized spacial score (nSPS) is 12.6. The number of hydrogen-bond acceptors (Lipinski definition) is 3. The monoisotopic (exact) mass is 221 g/mol. The molecule has 0 fully saturated rings. The zero-order valence-corrected chi connectivity index (χ0v) is 10.0. The molecule has 1 aromatic carbocycles. The molecular weight excluding hydrogens is 202 g/mol. The Morgan fingerprint density at radius 1 is 1.44 bits per heavy atom. The fourth-order valence-corrected chi connectivity index (χ4v) is 1.47. The zero-order chi connectivity index (χ0) is 12.1. The molecule has 0 bridgehead atoms. The van der Waals surface area contributed by atoms with Crippen LogP contribution >= 0.6 is 0 Å². The molecule has 0 amide bonds. The molecule has 0 radical (unpaired) electrons. The Hall–Kier alpha value is -1.35. The van der Waals surface area contributed by atoms with Crippen molar-refractivity contribution in [1.82, 2.24) is 0 Å². The van der Waals surface area contributed by atoms with Gasteiger partial charge in [-0.1, -0.05) is 26.0 Å². The van der Waals surface area contributed by atoms with Crippen LogP contribution in [0.15, 0.2) is 24.3 Å². The molecule has 88 valence electrons. The molecule has 0 aliphatic heterocycles. The fourth-order valence-electron chi connectivity index (χ4n) is 1.47. The minimum absolute atomic E-state index is 0.0159. The van der Waals surface area contributed by atoms with Gasteiger partial charge in [-0.15, -0.1) is 0 Å². The summed E-state index contributed by atoms with van der Waals surface area (Å²) in [5.41, 5.74) is 1.56. The molecule has 0 heterocycles. The number of rotatable bonds is 5. The highest BCUT2D eigenvalue weighted by molar-refractivity contribution is 5.94. The third-order valence-corrected chi connectivity index (χ3v) is 2.62. The molecule has 0 aliphatic rings. The van der Waals surface area contributed by atoms with E-state index in [1.54, 1.807) is 13.0 Å². The van der Waals surface area contributed by atoms with Gasteiger partial charge in [-0.25, -0.2) is 0 Å². The summed E-state index contributed by atoms with van der Waals surface area (Å²) in [6.45, 7) is 5.72. The largest absolute Gasteiger partial charge is 0.394 e. The van der Waals surface area contributed by atoms with Gasteiger partial charge in [-0.05, 0) is 25.0 Å². The number of benzene rings is 1. The first-order valence-electron chi connectivity index (χ1n) is 5.53. The van der Waals surface area contributed by atoms with Gasteiger partial charge in [0.15, 0.2) is 5.78 Å². The quantitative estimate of drug-likeness (QED) is 0.750. The first-order valence-corrected chi connectivity index (χ1v) is 5.53. The van der Waals surface area contributed by atoms with Crippen LogP contribution < -0.4 is 5.32 Å². The number of Topliss-reactive ketones (excluding diaryl/α,β-unsaturated/α-hetero) is 1. The van der Waals surface area contributed by atoms with Crippen LogP contribution in [0.25, 0.3) is 0 Å². The van der Waals surface area contributed by atoms with Crippen LogP contribution in [0, 0.1) is 5.92 Å². The predicted octanol–water partition coefficient (Wildman–Crippen LogP) is 2.32. The van der Waals surface area contributed by atoms with Gasteiger partial charge in [-0.2, -0.15) is 0 Å². The Balaban J connectivity index is 2.80. The zero-order valence-electron chi connectivity index (χ0n) is 10.0. The maximum atomic E-state index is 11.2. The van der Waals surface area contributed by atoms with Gasteiger partial charge in [0, 0.05) is 11.3 Å². The number of aliphatic hydroxyl groups excluding tert-OH is 1. The van der Waals surface area contributed by atoms with Crippen molar-refractivity contribution in [3.05, 3.63) is 29.8 Å². The minimum atomic E-state index is 0.0159. The smallest absolute Gasteiger partial charge is 0.159 e. The van der Waals surface area contributed by atoms with E-state index in [4.69, 9.17) is 0 Å². The topological polar surface area (TPSA) is 49.3 Å². The van der Waals surface area contributed by atoms with Crippen molar-refractivity contribution in [3.63, 3.8) is 0 Å². The van der Waals surface area contributed by atoms with E-state index in [-0.39, 0.29) is 18.4 Å². The van der Waals surface area contributed by atoms with Gasteiger partial charge in [0.2, 0.25) is 0 Å². The van der Waals surface area contributed by atoms with Crippen LogP contribution in [0.1, 0.15) is 31.1 Å². The van der Waals surface area contributed by atoms with Crippen LogP contribution in [-0.2, 0) is 0 Å². The van der Waals surface area contributed by atoms with Crippen molar-refractivity contribution in [3.8, 4) is 0 Å². The maximum absolute atomic E-state index is 11.2. The molecule has 3 nitrogen and oxygen atoms in total. The van der Waals surface area contributed by atoms with E-state index < -0.39 is 0 Å². The SMILES string of the molecule is CC(=O)c1cccc(NC(CO)C(C)C)c1. The van der Waals surface area contributed by atoms with Crippen molar-refractivity contribution >= 4 is 11.5 Å². The third-order valence-electron chi connectivity index (χ3n) is 2.62. The van der Waals surface area contributed by atoms with Crippen LogP contribution in [0.3, 0.4) is 0 Å². The molecule has 3 heteroatoms. The molecule has 16 heavy (non-hydrogen) atoms. The number of carbonyl (C=O) groups excluding carboxylic acids is 1. The summed E-state index contributed by atoms with van der Waals surface area (Å²) in [6.07, 6.45) is 0. The van der Waals surface area contributed by atoms with Crippen molar-refractivity contribution in [2.75, 3.05) is 11.9 Å². The minimum Gasteiger partial charge on any atom is -0.394 e. The number of carbonyl (C=O) groups is 1. The molecule has 1 unspecified atom stereocenters. The summed E-state index contributed by atoms with van der Waals surface area (Å²) in [7, 11) is 0. The number of anilines is 1. The molecule has 0 spiro atoms. The van der Waals surface area contributed by atoms with Gasteiger partial charge in [0.25, 0.3) is 0 Å². The van der Waals surface area contributed by atoms with Crippen molar-refractivity contribution in [2.24, 2.45) is 5.92 Å². The molecule has 2 N–H and O–H groups in total. The Morgan fingerprint density at radius 3 is 2.62 bits per heavy atom. The summed E-state index contributed by atoms with van der Waals surface area (Å²) >= 11 is 0. The van der Waals surface area contributed by atoms with E-state index in [1.165, 1.54) is 0 Å². The molecule has 1 aromatic rings. The highest BCUT2D eigenvalue weighted by Crippen LogP contribution is 2.15. The maximum Gasteiger partial charge on any atom is 0.159 e. The first-order chi connectivity index (χ1) is 7.54. The summed E-state index contributed by atoms with van der Waals surface area (Å²) in [6, 6.07) is 7.36. The lowest BCUT2D eigenvalue weighted by Crippen LogP contribution is -2.29. The molecular formula is C13H19NO2. The van der Waals surface area contributed by atoms with Crippen molar-refractivity contribution < 1.29 is 9.90 Å². The van der Waals surface area contributed by atoms with Gasteiger partial charge >= 0.3 is 0 Å². The van der Waals surface area contributed by atoms with Crippen molar-refractivity contribution in [1.29, 1.82) is 0 Å². The predicted molar refractivity (Wildman–Crippen MR) is 65.8 cm³/mol. The van der Waals surface area contributed by atoms with Gasteiger partial charge in [0.05, 0.1) is 12.6 Å². The van der Waals surface area contributed by atoms with E-state index >= 15 is 0 Å². The van der Waals surface area contributed by atoms with Crippen molar-refractivity contribution in [2.45, 2.75) is 26.8 Å². The van der Waals surface area contributed by atoms with Gasteiger partial charge in [0.1, 0.15) is 0 Å². The van der Waals surface area contributed by atoms with E-state index in [9.17, 15) is 9.90 Å². The standard InChI is InChI=1S/C13H19NO2/c1-9(2)13(8-15)14-12-6-4-5-11(7-12)10(3)16/h4-7,9,13-15H,8H2,1-3H3. The Morgan fingerprint density at radius 2 is 2.12 bits per heavy atom. The second kappa shape index (κ2) is 5.66. The number of hydrogen-bond donors (Lipinski definition) is 2. The summed E-state index contributed by atoms with van der Waals surface area (Å²) < 4.78 is 0. The number of ketones is 1. The number of nitrogens with one attached hydrogen (secondary N) is 1. The average molecular weight is 221 g/mol. The van der Waals surface area contributed by atoms with E-state index in [0.29, 0.717) is 11.5 Å². The van der Waals surface area contributed by atoms with Gasteiger partial charge < -0.3 is 10.4 Å². The molecule has 0 saturated carbocycles. The van der Waals surface area contributed by atoms with Crippen LogP contribution in [-0.4, -0.2) is 23.5 Å². The summed E-state index contributed by atoms with van der Waals surface area (Å²) in [5.74, 6) is 0.389. The summed E-state index contributed by atoms with van der Waals surface area (Å²) in [5, 5.41) is 12.4.